The van der Waals surface area contributed by atoms with E-state index in [1.165, 1.54) is 7.11 Å². The predicted octanol–water partition coefficient (Wildman–Crippen LogP) is 5.26. The lowest BCUT2D eigenvalue weighted by Crippen LogP contribution is -2.40. The first-order valence-electron chi connectivity index (χ1n) is 11.1. The van der Waals surface area contributed by atoms with Crippen LogP contribution in [0.4, 0.5) is 5.95 Å². The molecule has 3 aromatic rings. The topological polar surface area (TPSA) is 94.0 Å². The molecule has 1 unspecified atom stereocenters. The molecule has 2 heterocycles. The highest BCUT2D eigenvalue weighted by molar-refractivity contribution is 6.34. The molecule has 0 spiro atoms. The minimum Gasteiger partial charge on any atom is -0.384 e. The number of rotatable bonds is 6. The van der Waals surface area contributed by atoms with Gasteiger partial charge in [0, 0.05) is 47.1 Å². The van der Waals surface area contributed by atoms with Crippen LogP contribution >= 0.6 is 23.2 Å². The summed E-state index contributed by atoms with van der Waals surface area (Å²) in [4.78, 5) is 41.2. The fraction of sp³-hybridized carbons (Fsp3) is 0.269. The highest BCUT2D eigenvalue weighted by Gasteiger charge is 2.37. The molecule has 0 fully saturated rings. The summed E-state index contributed by atoms with van der Waals surface area (Å²) < 4.78 is 4.96. The number of aryl methyl sites for hydroxylation is 2. The molecule has 1 aliphatic heterocycles. The molecular weight excluding hydrogens is 503 g/mol. The van der Waals surface area contributed by atoms with E-state index in [1.54, 1.807) is 49.6 Å². The number of nitrogens with zero attached hydrogens (tertiary/aromatic N) is 4. The van der Waals surface area contributed by atoms with E-state index in [-0.39, 0.29) is 12.6 Å². The molecule has 10 heteroatoms. The van der Waals surface area contributed by atoms with E-state index in [0.29, 0.717) is 33.3 Å². The van der Waals surface area contributed by atoms with Crippen LogP contribution in [-0.2, 0) is 20.0 Å². The highest BCUT2D eigenvalue weighted by atomic mass is 35.5. The molecule has 2 aromatic carbocycles. The third-order valence-corrected chi connectivity index (χ3v) is 6.25. The Morgan fingerprint density at radius 2 is 1.75 bits per heavy atom. The number of carbonyl (C=O) groups excluding carboxylic acids is 2. The van der Waals surface area contributed by atoms with Gasteiger partial charge in [0.25, 0.3) is 11.8 Å². The van der Waals surface area contributed by atoms with Gasteiger partial charge in [-0.1, -0.05) is 34.4 Å². The summed E-state index contributed by atoms with van der Waals surface area (Å²) in [5.74, 6) is -1.13. The lowest BCUT2D eigenvalue weighted by Gasteiger charge is -2.22. The zero-order valence-corrected chi connectivity index (χ0v) is 21.7. The van der Waals surface area contributed by atoms with Gasteiger partial charge in [0.2, 0.25) is 5.95 Å². The number of hydrogen-bond donors (Lipinski definition) is 0. The van der Waals surface area contributed by atoms with E-state index in [4.69, 9.17) is 32.8 Å². The Labute approximate surface area is 218 Å². The number of halogens is 2. The van der Waals surface area contributed by atoms with Gasteiger partial charge in [0.1, 0.15) is 6.61 Å². The second-order valence-corrected chi connectivity index (χ2v) is 9.63. The lowest BCUT2D eigenvalue weighted by molar-refractivity contribution is -0.121. The van der Waals surface area contributed by atoms with Gasteiger partial charge in [-0.2, -0.15) is 0 Å². The summed E-state index contributed by atoms with van der Waals surface area (Å²) in [6, 6.07) is 10.5. The fourth-order valence-corrected chi connectivity index (χ4v) is 4.44. The second kappa shape index (κ2) is 10.3. The van der Waals surface area contributed by atoms with Crippen molar-refractivity contribution in [2.24, 2.45) is 5.16 Å². The normalized spacial score (nSPS) is 16.9. The molecule has 0 aliphatic carbocycles. The van der Waals surface area contributed by atoms with Crippen molar-refractivity contribution in [1.82, 2.24) is 9.97 Å². The van der Waals surface area contributed by atoms with Gasteiger partial charge in [-0.25, -0.2) is 14.9 Å². The summed E-state index contributed by atoms with van der Waals surface area (Å²) in [7, 11) is 1.38. The van der Waals surface area contributed by atoms with Crippen molar-refractivity contribution in [3.63, 3.8) is 0 Å². The van der Waals surface area contributed by atoms with Crippen LogP contribution in [0.5, 0.6) is 0 Å². The van der Waals surface area contributed by atoms with Gasteiger partial charge in [-0.15, -0.1) is 0 Å². The Kier molecular flexibility index (Phi) is 7.40. The first kappa shape index (κ1) is 25.8. The van der Waals surface area contributed by atoms with Crippen molar-refractivity contribution in [3.05, 3.63) is 86.7 Å². The Hall–Kier alpha value is -3.33. The van der Waals surface area contributed by atoms with Crippen LogP contribution in [0, 0.1) is 13.8 Å². The molecule has 0 N–H and O–H groups in total. The van der Waals surface area contributed by atoms with Crippen molar-refractivity contribution in [3.8, 4) is 0 Å². The van der Waals surface area contributed by atoms with E-state index in [1.807, 2.05) is 19.9 Å². The monoisotopic (exact) mass is 526 g/mol. The van der Waals surface area contributed by atoms with Crippen LogP contribution < -0.4 is 4.90 Å². The van der Waals surface area contributed by atoms with Crippen LogP contribution in [0.1, 0.15) is 46.0 Å². The number of anilines is 1. The average molecular weight is 527 g/mol. The number of methoxy groups -OCH3 is 1. The number of hydrogen-bond acceptors (Lipinski definition) is 7. The van der Waals surface area contributed by atoms with Gasteiger partial charge >= 0.3 is 0 Å². The van der Waals surface area contributed by atoms with Crippen LogP contribution in [0.15, 0.2) is 53.9 Å². The standard InChI is InChI=1S/C26H24Cl2N4O4/c1-15-12-29-25(30-13-15)32(23(33)14-35-4)24(34)21-6-5-17(7-16(21)2)22-11-26(3,36-31-22)18-8-19(27)10-20(28)9-18/h5-10,12-13H,11,14H2,1-4H3. The maximum absolute atomic E-state index is 13.4. The van der Waals surface area contributed by atoms with Crippen molar-refractivity contribution in [2.75, 3.05) is 18.6 Å². The molecule has 2 amide bonds. The van der Waals surface area contributed by atoms with E-state index < -0.39 is 17.4 Å². The second-order valence-electron chi connectivity index (χ2n) is 8.75. The molecule has 0 saturated heterocycles. The van der Waals surface area contributed by atoms with Crippen LogP contribution in [0.25, 0.3) is 0 Å². The van der Waals surface area contributed by atoms with Crippen molar-refractivity contribution >= 4 is 46.7 Å². The summed E-state index contributed by atoms with van der Waals surface area (Å²) in [5.41, 5.74) is 3.37. The summed E-state index contributed by atoms with van der Waals surface area (Å²) in [6.07, 6.45) is 3.56. The molecule has 1 aliphatic rings. The maximum atomic E-state index is 13.4. The van der Waals surface area contributed by atoms with Crippen molar-refractivity contribution < 1.29 is 19.2 Å². The van der Waals surface area contributed by atoms with Crippen molar-refractivity contribution in [2.45, 2.75) is 32.8 Å². The molecule has 0 radical (unpaired) electrons. The molecule has 36 heavy (non-hydrogen) atoms. The molecule has 4 rings (SSSR count). The minimum absolute atomic E-state index is 0.0133. The lowest BCUT2D eigenvalue weighted by atomic mass is 9.88. The third kappa shape index (κ3) is 5.26. The SMILES string of the molecule is COCC(=O)N(C(=O)c1ccc(C2=NOC(C)(c3cc(Cl)cc(Cl)c3)C2)cc1C)c1ncc(C)cn1. The summed E-state index contributed by atoms with van der Waals surface area (Å²) in [6.45, 7) is 5.23. The van der Waals surface area contributed by atoms with Gasteiger partial charge in [-0.05, 0) is 67.8 Å². The quantitative estimate of drug-likeness (QED) is 0.434. The minimum atomic E-state index is -0.738. The van der Waals surface area contributed by atoms with E-state index >= 15 is 0 Å². The Morgan fingerprint density at radius 1 is 1.08 bits per heavy atom. The van der Waals surface area contributed by atoms with Crippen molar-refractivity contribution in [1.29, 1.82) is 0 Å². The zero-order chi connectivity index (χ0) is 26.0. The number of aromatic nitrogens is 2. The van der Waals surface area contributed by atoms with Gasteiger partial charge in [0.15, 0.2) is 5.60 Å². The first-order chi connectivity index (χ1) is 17.1. The van der Waals surface area contributed by atoms with Gasteiger partial charge in [-0.3, -0.25) is 9.59 Å². The van der Waals surface area contributed by atoms with Crippen LogP contribution in [-0.4, -0.2) is 41.2 Å². The molecule has 186 valence electrons. The maximum Gasteiger partial charge on any atom is 0.267 e. The van der Waals surface area contributed by atoms with E-state index in [2.05, 4.69) is 15.1 Å². The Balaban J connectivity index is 1.60. The highest BCUT2D eigenvalue weighted by Crippen LogP contribution is 2.38. The molecule has 0 saturated carbocycles. The molecule has 0 bridgehead atoms. The van der Waals surface area contributed by atoms with Crippen LogP contribution in [0.3, 0.4) is 0 Å². The molecular formula is C26H24Cl2N4O4. The Morgan fingerprint density at radius 3 is 2.36 bits per heavy atom. The fourth-order valence-electron chi connectivity index (χ4n) is 3.92. The largest absolute Gasteiger partial charge is 0.384 e. The van der Waals surface area contributed by atoms with Gasteiger partial charge < -0.3 is 9.57 Å². The number of amides is 2. The summed E-state index contributed by atoms with van der Waals surface area (Å²) >= 11 is 12.4. The first-order valence-corrected chi connectivity index (χ1v) is 11.8. The molecule has 8 nitrogen and oxygen atoms in total. The number of oxime groups is 1. The summed E-state index contributed by atoms with van der Waals surface area (Å²) in [5, 5.41) is 5.33. The smallest absolute Gasteiger partial charge is 0.267 e. The van der Waals surface area contributed by atoms with E-state index in [0.717, 1.165) is 21.6 Å². The van der Waals surface area contributed by atoms with E-state index in [9.17, 15) is 9.59 Å². The number of carbonyl (C=O) groups is 2. The zero-order valence-electron chi connectivity index (χ0n) is 20.2. The number of imide groups is 1. The Bertz CT molecular complexity index is 1340. The predicted molar refractivity (Wildman–Crippen MR) is 138 cm³/mol. The van der Waals surface area contributed by atoms with Crippen LogP contribution in [0.2, 0.25) is 10.0 Å². The number of ether oxygens (including phenoxy) is 1. The van der Waals surface area contributed by atoms with Gasteiger partial charge in [0.05, 0.1) is 5.71 Å². The molecule has 1 atom stereocenters. The average Bonchev–Trinajstić information content (AvgIpc) is 3.23. The molecule has 1 aromatic heterocycles. The third-order valence-electron chi connectivity index (χ3n) is 5.81. The number of benzene rings is 2.